The van der Waals surface area contributed by atoms with Gasteiger partial charge in [-0.05, 0) is 58.3 Å². The van der Waals surface area contributed by atoms with Gasteiger partial charge in [-0.2, -0.15) is 5.10 Å². The molecule has 7 heteroatoms. The zero-order valence-corrected chi connectivity index (χ0v) is 18.4. The third-order valence-corrected chi connectivity index (χ3v) is 6.86. The lowest BCUT2D eigenvalue weighted by molar-refractivity contribution is 0.0703. The maximum atomic E-state index is 13.1. The lowest BCUT2D eigenvalue weighted by Gasteiger charge is -2.34. The molecule has 4 heterocycles. The Kier molecular flexibility index (Phi) is 4.99. The topological polar surface area (TPSA) is 67.2 Å². The molecule has 0 spiro atoms. The van der Waals surface area contributed by atoms with Crippen LogP contribution in [0.15, 0.2) is 6.20 Å². The molecule has 1 aliphatic carbocycles. The molecular weight excluding hydrogens is 376 g/mol. The van der Waals surface area contributed by atoms with Crippen molar-refractivity contribution in [2.75, 3.05) is 31.1 Å². The van der Waals surface area contributed by atoms with Crippen molar-refractivity contribution in [3.63, 3.8) is 0 Å². The summed E-state index contributed by atoms with van der Waals surface area (Å²) in [6.45, 7) is 7.76. The number of hydrogen-bond donors (Lipinski definition) is 0. The minimum Gasteiger partial charge on any atom is -0.356 e. The van der Waals surface area contributed by atoms with Crippen LogP contribution in [0.4, 0.5) is 5.82 Å². The lowest BCUT2D eigenvalue weighted by atomic mass is 9.95. The maximum Gasteiger partial charge on any atom is 0.257 e. The highest BCUT2D eigenvalue weighted by atomic mass is 16.2. The van der Waals surface area contributed by atoms with Crippen LogP contribution < -0.4 is 4.90 Å². The fraction of sp³-hybridized carbons (Fsp3) is 0.652. The zero-order valence-electron chi connectivity index (χ0n) is 18.4. The number of rotatable bonds is 4. The number of aromatic nitrogens is 4. The van der Waals surface area contributed by atoms with Crippen LogP contribution >= 0.6 is 0 Å². The van der Waals surface area contributed by atoms with E-state index in [-0.39, 0.29) is 11.8 Å². The molecule has 2 aromatic heterocycles. The van der Waals surface area contributed by atoms with E-state index in [0.29, 0.717) is 12.1 Å². The smallest absolute Gasteiger partial charge is 0.257 e. The molecular formula is C23H32N6O. The van der Waals surface area contributed by atoms with Crippen LogP contribution in [0.2, 0.25) is 0 Å². The largest absolute Gasteiger partial charge is 0.356 e. The van der Waals surface area contributed by atoms with Crippen molar-refractivity contribution >= 4 is 11.7 Å². The average molecular weight is 409 g/mol. The van der Waals surface area contributed by atoms with E-state index in [4.69, 9.17) is 9.97 Å². The molecule has 1 atom stereocenters. The van der Waals surface area contributed by atoms with Crippen molar-refractivity contribution in [1.29, 1.82) is 0 Å². The Balaban J connectivity index is 1.39. The fourth-order valence-corrected chi connectivity index (χ4v) is 5.03. The molecule has 1 saturated carbocycles. The van der Waals surface area contributed by atoms with E-state index in [1.807, 2.05) is 25.1 Å². The summed E-state index contributed by atoms with van der Waals surface area (Å²) in [7, 11) is 1.86. The van der Waals surface area contributed by atoms with Gasteiger partial charge >= 0.3 is 0 Å². The average Bonchev–Trinajstić information content (AvgIpc) is 3.49. The summed E-state index contributed by atoms with van der Waals surface area (Å²) in [4.78, 5) is 27.6. The molecule has 0 bridgehead atoms. The number of likely N-dealkylation sites (tertiary alicyclic amines) is 1. The van der Waals surface area contributed by atoms with Gasteiger partial charge in [0.05, 0.1) is 11.3 Å². The summed E-state index contributed by atoms with van der Waals surface area (Å²) in [5.74, 6) is 3.22. The maximum absolute atomic E-state index is 13.1. The normalized spacial score (nSPS) is 21.6. The number of carbonyl (C=O) groups excluding carboxylic acids is 1. The minimum atomic E-state index is 0.0790. The summed E-state index contributed by atoms with van der Waals surface area (Å²) < 4.78 is 1.72. The van der Waals surface area contributed by atoms with Crippen molar-refractivity contribution in [1.82, 2.24) is 24.6 Å². The molecule has 5 rings (SSSR count). The molecule has 7 nitrogen and oxygen atoms in total. The van der Waals surface area contributed by atoms with Gasteiger partial charge < -0.3 is 9.80 Å². The Labute approximate surface area is 178 Å². The van der Waals surface area contributed by atoms with E-state index in [1.54, 1.807) is 4.68 Å². The Hall–Kier alpha value is -2.44. The standard InChI is InChI=1S/C23H32N6O/c1-15-19-7-5-10-28(12-17-8-9-17)22(19)25-21(24-15)18-6-4-11-29(13-18)23(30)20-14-27(3)26-16(20)2/h14,17-18H,4-13H2,1-3H3. The van der Waals surface area contributed by atoms with Gasteiger partial charge in [-0.3, -0.25) is 9.48 Å². The molecule has 0 N–H and O–H groups in total. The number of nitrogens with zero attached hydrogens (tertiary/aromatic N) is 6. The number of aryl methyl sites for hydroxylation is 3. The molecule has 160 valence electrons. The van der Waals surface area contributed by atoms with Gasteiger partial charge in [0.2, 0.25) is 0 Å². The van der Waals surface area contributed by atoms with Crippen LogP contribution in [0.25, 0.3) is 0 Å². The first kappa shape index (κ1) is 19.5. The molecule has 0 radical (unpaired) electrons. The molecule has 3 aliphatic rings. The summed E-state index contributed by atoms with van der Waals surface area (Å²) in [5.41, 5.74) is 3.96. The van der Waals surface area contributed by atoms with E-state index in [1.165, 1.54) is 30.6 Å². The van der Waals surface area contributed by atoms with Crippen LogP contribution in [-0.4, -0.2) is 56.7 Å². The highest BCUT2D eigenvalue weighted by molar-refractivity contribution is 5.95. The van der Waals surface area contributed by atoms with Crippen molar-refractivity contribution < 1.29 is 4.79 Å². The van der Waals surface area contributed by atoms with Gasteiger partial charge in [-0.15, -0.1) is 0 Å². The Morgan fingerprint density at radius 2 is 1.93 bits per heavy atom. The van der Waals surface area contributed by atoms with E-state index in [0.717, 1.165) is 62.0 Å². The van der Waals surface area contributed by atoms with Gasteiger partial charge in [0, 0.05) is 56.6 Å². The number of hydrogen-bond acceptors (Lipinski definition) is 5. The summed E-state index contributed by atoms with van der Waals surface area (Å²) in [6.07, 6.45) is 8.85. The summed E-state index contributed by atoms with van der Waals surface area (Å²) >= 11 is 0. The Morgan fingerprint density at radius 3 is 2.67 bits per heavy atom. The van der Waals surface area contributed by atoms with Crippen molar-refractivity contribution in [2.45, 2.75) is 58.3 Å². The Bertz CT molecular complexity index is 963. The van der Waals surface area contributed by atoms with Crippen LogP contribution in [-0.2, 0) is 13.5 Å². The van der Waals surface area contributed by atoms with Crippen molar-refractivity contribution in [3.8, 4) is 0 Å². The third-order valence-electron chi connectivity index (χ3n) is 6.86. The predicted octanol–water partition coefficient (Wildman–Crippen LogP) is 3.01. The van der Waals surface area contributed by atoms with E-state index in [9.17, 15) is 4.79 Å². The lowest BCUT2D eigenvalue weighted by Crippen LogP contribution is -2.40. The number of piperidine rings is 1. The molecule has 0 aromatic carbocycles. The first-order valence-corrected chi connectivity index (χ1v) is 11.4. The fourth-order valence-electron chi connectivity index (χ4n) is 5.03. The summed E-state index contributed by atoms with van der Waals surface area (Å²) in [6, 6.07) is 0. The van der Waals surface area contributed by atoms with Gasteiger partial charge in [-0.25, -0.2) is 9.97 Å². The second-order valence-corrected chi connectivity index (χ2v) is 9.35. The quantitative estimate of drug-likeness (QED) is 0.778. The third kappa shape index (κ3) is 3.70. The van der Waals surface area contributed by atoms with E-state index < -0.39 is 0 Å². The molecule has 2 aromatic rings. The second kappa shape index (κ2) is 7.67. The van der Waals surface area contributed by atoms with Gasteiger partial charge in [0.1, 0.15) is 11.6 Å². The monoisotopic (exact) mass is 408 g/mol. The molecule has 1 saturated heterocycles. The number of amides is 1. The van der Waals surface area contributed by atoms with Crippen LogP contribution in [0, 0.1) is 19.8 Å². The summed E-state index contributed by atoms with van der Waals surface area (Å²) in [5, 5.41) is 4.34. The van der Waals surface area contributed by atoms with Gasteiger partial charge in [0.25, 0.3) is 5.91 Å². The highest BCUT2D eigenvalue weighted by Crippen LogP contribution is 2.36. The molecule has 2 aliphatic heterocycles. The van der Waals surface area contributed by atoms with Gasteiger partial charge in [-0.1, -0.05) is 0 Å². The van der Waals surface area contributed by atoms with Crippen LogP contribution in [0.1, 0.15) is 71.2 Å². The minimum absolute atomic E-state index is 0.0790. The molecule has 1 unspecified atom stereocenters. The zero-order chi connectivity index (χ0) is 20.8. The SMILES string of the molecule is Cc1nn(C)cc1C(=O)N1CCCC(c2nc(C)c3c(n2)N(CC2CC2)CCC3)C1. The molecule has 30 heavy (non-hydrogen) atoms. The van der Waals surface area contributed by atoms with Gasteiger partial charge in [0.15, 0.2) is 0 Å². The number of carbonyl (C=O) groups is 1. The predicted molar refractivity (Wildman–Crippen MR) is 116 cm³/mol. The second-order valence-electron chi connectivity index (χ2n) is 9.35. The number of fused-ring (bicyclic) bond motifs is 1. The molecule has 2 fully saturated rings. The number of anilines is 1. The van der Waals surface area contributed by atoms with Crippen molar-refractivity contribution in [3.05, 3.63) is 34.5 Å². The highest BCUT2D eigenvalue weighted by Gasteiger charge is 2.32. The Morgan fingerprint density at radius 1 is 1.10 bits per heavy atom. The first-order chi connectivity index (χ1) is 14.5. The van der Waals surface area contributed by atoms with Crippen LogP contribution in [0.3, 0.4) is 0 Å². The van der Waals surface area contributed by atoms with E-state index >= 15 is 0 Å². The van der Waals surface area contributed by atoms with Crippen molar-refractivity contribution in [2.24, 2.45) is 13.0 Å². The van der Waals surface area contributed by atoms with E-state index in [2.05, 4.69) is 16.9 Å². The first-order valence-electron chi connectivity index (χ1n) is 11.4. The van der Waals surface area contributed by atoms with Crippen LogP contribution in [0.5, 0.6) is 0 Å². The molecule has 1 amide bonds.